The summed E-state index contributed by atoms with van der Waals surface area (Å²) in [6, 6.07) is 1.49. The first-order valence-corrected chi connectivity index (χ1v) is 4.10. The normalized spacial score (nSPS) is 9.93. The molecule has 3 nitrogen and oxygen atoms in total. The van der Waals surface area contributed by atoms with Crippen LogP contribution in [0.25, 0.3) is 5.52 Å². The Bertz CT molecular complexity index is 455. The van der Waals surface area contributed by atoms with Gasteiger partial charge in [-0.05, 0) is 6.07 Å². The molecular weight excluding hydrogens is 228 g/mol. The Morgan fingerprint density at radius 1 is 1.57 bits per heavy atom. The minimum atomic E-state index is -0.453. The van der Waals surface area contributed by atoms with Crippen molar-refractivity contribution in [2.24, 2.45) is 0 Å². The van der Waals surface area contributed by atoms with E-state index in [4.69, 9.17) is 11.6 Å². The van der Waals surface area contributed by atoms with Crippen LogP contribution >= 0.6 is 24.0 Å². The first-order valence-electron chi connectivity index (χ1n) is 3.72. The van der Waals surface area contributed by atoms with Crippen LogP contribution in [0, 0.1) is 5.82 Å². The lowest BCUT2D eigenvalue weighted by atomic mass is 10.4. The summed E-state index contributed by atoms with van der Waals surface area (Å²) in [5.74, 6) is 0.0333. The standard InChI is InChI=1S/C8H7ClFN3.ClH/c1-11-8-7-6(10)5(9)2-3-13(7)4-12-8;/h2-4,11H,1H3;1H. The maximum atomic E-state index is 13.4. The van der Waals surface area contributed by atoms with E-state index >= 15 is 0 Å². The van der Waals surface area contributed by atoms with Gasteiger partial charge in [0.2, 0.25) is 0 Å². The molecule has 6 heteroatoms. The summed E-state index contributed by atoms with van der Waals surface area (Å²) in [4.78, 5) is 3.97. The van der Waals surface area contributed by atoms with E-state index < -0.39 is 5.82 Å². The van der Waals surface area contributed by atoms with Gasteiger partial charge in [0.05, 0.1) is 5.02 Å². The quantitative estimate of drug-likeness (QED) is 0.824. The maximum Gasteiger partial charge on any atom is 0.169 e. The van der Waals surface area contributed by atoms with Gasteiger partial charge in [-0.3, -0.25) is 0 Å². The Labute approximate surface area is 91.3 Å². The number of hydrogen-bond acceptors (Lipinski definition) is 2. The number of nitrogens with one attached hydrogen (secondary N) is 1. The first kappa shape index (κ1) is 11.1. The number of nitrogens with zero attached hydrogens (tertiary/aromatic N) is 2. The molecule has 0 amide bonds. The number of imidazole rings is 1. The van der Waals surface area contributed by atoms with Crippen molar-refractivity contribution in [2.75, 3.05) is 12.4 Å². The zero-order valence-corrected chi connectivity index (χ0v) is 8.86. The van der Waals surface area contributed by atoms with E-state index in [2.05, 4.69) is 10.3 Å². The van der Waals surface area contributed by atoms with E-state index in [1.54, 1.807) is 17.6 Å². The fraction of sp³-hybridized carbons (Fsp3) is 0.125. The van der Waals surface area contributed by atoms with Crippen LogP contribution in [0.1, 0.15) is 0 Å². The van der Waals surface area contributed by atoms with Crippen LogP contribution in [-0.4, -0.2) is 16.4 Å². The average molecular weight is 236 g/mol. The van der Waals surface area contributed by atoms with Crippen molar-refractivity contribution >= 4 is 35.3 Å². The molecule has 2 rings (SSSR count). The van der Waals surface area contributed by atoms with E-state index in [0.29, 0.717) is 11.3 Å². The highest BCUT2D eigenvalue weighted by atomic mass is 35.5. The third-order valence-electron chi connectivity index (χ3n) is 1.83. The monoisotopic (exact) mass is 235 g/mol. The van der Waals surface area contributed by atoms with Crippen molar-refractivity contribution in [1.82, 2.24) is 9.38 Å². The Morgan fingerprint density at radius 3 is 2.93 bits per heavy atom. The lowest BCUT2D eigenvalue weighted by Gasteiger charge is -1.99. The average Bonchev–Trinajstić information content (AvgIpc) is 2.55. The largest absolute Gasteiger partial charge is 0.371 e. The second-order valence-electron chi connectivity index (χ2n) is 2.58. The molecule has 14 heavy (non-hydrogen) atoms. The van der Waals surface area contributed by atoms with Gasteiger partial charge in [0, 0.05) is 13.2 Å². The number of pyridine rings is 1. The Kier molecular flexibility index (Phi) is 3.18. The summed E-state index contributed by atoms with van der Waals surface area (Å²) < 4.78 is 15.0. The maximum absolute atomic E-state index is 13.4. The number of fused-ring (bicyclic) bond motifs is 1. The van der Waals surface area contributed by atoms with Crippen molar-refractivity contribution in [3.8, 4) is 0 Å². The number of halogens is 3. The third-order valence-corrected chi connectivity index (χ3v) is 2.12. The molecule has 1 N–H and O–H groups in total. The van der Waals surface area contributed by atoms with Crippen molar-refractivity contribution in [3.63, 3.8) is 0 Å². The predicted octanol–water partition coefficient (Wildman–Crippen LogP) is 2.59. The zero-order valence-electron chi connectivity index (χ0n) is 7.29. The summed E-state index contributed by atoms with van der Waals surface area (Å²) in [5.41, 5.74) is 0.370. The molecule has 0 atom stereocenters. The fourth-order valence-corrected chi connectivity index (χ4v) is 1.35. The fourth-order valence-electron chi connectivity index (χ4n) is 1.21. The second kappa shape index (κ2) is 4.02. The summed E-state index contributed by atoms with van der Waals surface area (Å²) in [7, 11) is 1.68. The summed E-state index contributed by atoms with van der Waals surface area (Å²) >= 11 is 5.63. The van der Waals surface area contributed by atoms with Gasteiger partial charge in [0.1, 0.15) is 11.8 Å². The Hall–Kier alpha value is -1.00. The molecule has 0 aliphatic carbocycles. The molecule has 2 heterocycles. The summed E-state index contributed by atoms with van der Waals surface area (Å²) in [6.45, 7) is 0. The van der Waals surface area contributed by atoms with Gasteiger partial charge in [-0.25, -0.2) is 9.37 Å². The van der Waals surface area contributed by atoms with E-state index in [1.807, 2.05) is 0 Å². The molecule has 0 aliphatic heterocycles. The first-order chi connectivity index (χ1) is 6.24. The van der Waals surface area contributed by atoms with E-state index in [9.17, 15) is 4.39 Å². The Balaban J connectivity index is 0.000000980. The van der Waals surface area contributed by atoms with Crippen molar-refractivity contribution < 1.29 is 4.39 Å². The van der Waals surface area contributed by atoms with Gasteiger partial charge in [0.25, 0.3) is 0 Å². The van der Waals surface area contributed by atoms with E-state index in [1.165, 1.54) is 12.4 Å². The topological polar surface area (TPSA) is 29.3 Å². The van der Waals surface area contributed by atoms with Crippen LogP contribution in [0.4, 0.5) is 10.2 Å². The van der Waals surface area contributed by atoms with Gasteiger partial charge in [-0.2, -0.15) is 0 Å². The lowest BCUT2D eigenvalue weighted by molar-refractivity contribution is 0.634. The smallest absolute Gasteiger partial charge is 0.169 e. The van der Waals surface area contributed by atoms with Gasteiger partial charge in [-0.1, -0.05) is 11.6 Å². The highest BCUT2D eigenvalue weighted by Crippen LogP contribution is 2.23. The zero-order chi connectivity index (χ0) is 9.42. The van der Waals surface area contributed by atoms with Gasteiger partial charge >= 0.3 is 0 Å². The highest BCUT2D eigenvalue weighted by molar-refractivity contribution is 6.31. The predicted molar refractivity (Wildman–Crippen MR) is 57.0 cm³/mol. The third kappa shape index (κ3) is 1.51. The molecule has 0 aliphatic rings. The minimum absolute atomic E-state index is 0. The molecule has 2 aromatic heterocycles. The van der Waals surface area contributed by atoms with Crippen LogP contribution in [0.3, 0.4) is 0 Å². The van der Waals surface area contributed by atoms with Crippen LogP contribution in [0.5, 0.6) is 0 Å². The number of anilines is 1. The molecule has 0 saturated carbocycles. The van der Waals surface area contributed by atoms with Gasteiger partial charge < -0.3 is 9.72 Å². The highest BCUT2D eigenvalue weighted by Gasteiger charge is 2.10. The van der Waals surface area contributed by atoms with Crippen molar-refractivity contribution in [3.05, 3.63) is 29.4 Å². The van der Waals surface area contributed by atoms with Gasteiger partial charge in [0.15, 0.2) is 11.6 Å². The van der Waals surface area contributed by atoms with Gasteiger partial charge in [-0.15, -0.1) is 12.4 Å². The molecule has 0 unspecified atom stereocenters. The molecule has 0 spiro atoms. The number of rotatable bonds is 1. The van der Waals surface area contributed by atoms with Crippen LogP contribution in [0.2, 0.25) is 5.02 Å². The summed E-state index contributed by atoms with van der Waals surface area (Å²) in [6.07, 6.45) is 3.19. The van der Waals surface area contributed by atoms with Crippen LogP contribution < -0.4 is 5.32 Å². The number of hydrogen-bond donors (Lipinski definition) is 1. The van der Waals surface area contributed by atoms with Crippen LogP contribution in [-0.2, 0) is 0 Å². The summed E-state index contributed by atoms with van der Waals surface area (Å²) in [5, 5.41) is 2.89. The molecule has 0 fully saturated rings. The molecule has 0 radical (unpaired) electrons. The minimum Gasteiger partial charge on any atom is -0.371 e. The molecule has 76 valence electrons. The van der Waals surface area contributed by atoms with E-state index in [-0.39, 0.29) is 17.4 Å². The molecule has 0 aromatic carbocycles. The molecule has 0 bridgehead atoms. The van der Waals surface area contributed by atoms with E-state index in [0.717, 1.165) is 0 Å². The molecule has 0 saturated heterocycles. The second-order valence-corrected chi connectivity index (χ2v) is 2.98. The van der Waals surface area contributed by atoms with Crippen LogP contribution in [0.15, 0.2) is 18.6 Å². The lowest BCUT2D eigenvalue weighted by Crippen LogP contribution is -1.92. The molecule has 2 aromatic rings. The Morgan fingerprint density at radius 2 is 2.29 bits per heavy atom. The molecular formula is C8H8Cl2FN3. The number of aromatic nitrogens is 2. The van der Waals surface area contributed by atoms with Crippen molar-refractivity contribution in [1.29, 1.82) is 0 Å². The van der Waals surface area contributed by atoms with Crippen molar-refractivity contribution in [2.45, 2.75) is 0 Å². The SMILES string of the molecule is CNc1ncn2ccc(Cl)c(F)c12.Cl.